The average molecular weight is 1110 g/mol. The van der Waals surface area contributed by atoms with Gasteiger partial charge in [-0.2, -0.15) is 0 Å². The lowest BCUT2D eigenvalue weighted by atomic mass is 9.97. The fourth-order valence-corrected chi connectivity index (χ4v) is 9.01. The standard InChI is InChI=1S/C49H60O29/c1-68-26-8-17(2-6-23(26)71-46-41(65)37(61)33(57)28(13-50)74-46)3-7-32(56)69-16-31-36(60)40(64)45(78-48-43(67)39(63)35(59)30(15-52)76-48)49(77-31)73-27-12-20-24(70-44(27)18-4-5-21(54)22(55)9-18)10-19(53)11-25(20)72-47-42(66)38(62)34(58)29(14-51)75-47/h2-12,28-31,33-55,57-67H,13-16H2,1H3/p+1/b7-3+/t28-,29-,30+,31+,33-,34-,35-,36-,37+,38+,39+,40-,41-,42+,43-,44?,45-,46-,47-,48+,49-/m1/s1. The molecule has 430 valence electrons. The number of phenols is 3. The number of rotatable bonds is 17. The number of aromatic hydroxyl groups is 4. The highest BCUT2D eigenvalue weighted by Crippen LogP contribution is 2.48. The number of phenolic OH excluding ortho intramolecular Hbond substituents is 3. The molecule has 78 heavy (non-hydrogen) atoms. The Labute approximate surface area is 440 Å². The van der Waals surface area contributed by atoms with Gasteiger partial charge in [0.1, 0.15) is 115 Å². The predicted molar refractivity (Wildman–Crippen MR) is 252 cm³/mol. The van der Waals surface area contributed by atoms with Crippen molar-refractivity contribution in [2.75, 3.05) is 33.5 Å². The highest BCUT2D eigenvalue weighted by atomic mass is 16.8. The van der Waals surface area contributed by atoms with Gasteiger partial charge in [0.25, 0.3) is 11.9 Å². The molecule has 21 atom stereocenters. The zero-order chi connectivity index (χ0) is 56.4. The lowest BCUT2D eigenvalue weighted by molar-refractivity contribution is -0.364. The summed E-state index contributed by atoms with van der Waals surface area (Å²) in [5, 5.41) is 179. The smallest absolute Gasteiger partial charge is 0.330 e. The topological polar surface area (TPSA) is 466 Å². The van der Waals surface area contributed by atoms with E-state index in [9.17, 15) is 91.6 Å². The maximum Gasteiger partial charge on any atom is 0.330 e. The number of fused-ring (bicyclic) bond motifs is 1. The summed E-state index contributed by atoms with van der Waals surface area (Å²) in [6, 6.07) is 9.95. The van der Waals surface area contributed by atoms with Crippen LogP contribution in [0.2, 0.25) is 0 Å². The van der Waals surface area contributed by atoms with Gasteiger partial charge in [0.05, 0.1) is 38.6 Å². The first-order chi connectivity index (χ1) is 37.2. The van der Waals surface area contributed by atoms with Crippen LogP contribution in [0.15, 0.2) is 60.4 Å². The molecular formula is C49H61O29+. The third kappa shape index (κ3) is 12.2. The van der Waals surface area contributed by atoms with Crippen LogP contribution < -0.4 is 14.2 Å². The number of ether oxygens (including phenoxy) is 11. The quantitative estimate of drug-likeness (QED) is 0.0259. The van der Waals surface area contributed by atoms with E-state index in [0.29, 0.717) is 5.56 Å². The molecule has 0 radical (unpaired) electrons. The second kappa shape index (κ2) is 24.7. The third-order valence-electron chi connectivity index (χ3n) is 13.5. The summed E-state index contributed by atoms with van der Waals surface area (Å²) in [6.07, 6.45) is -33.8. The number of carbonyl (C=O) groups is 1. The molecule has 3 aromatic carbocycles. The van der Waals surface area contributed by atoms with Gasteiger partial charge in [-0.05, 0) is 42.0 Å². The third-order valence-corrected chi connectivity index (χ3v) is 13.5. The van der Waals surface area contributed by atoms with Gasteiger partial charge in [-0.15, -0.1) is 0 Å². The molecule has 8 rings (SSSR count). The van der Waals surface area contributed by atoms with Gasteiger partial charge >= 0.3 is 5.97 Å². The molecule has 5 heterocycles. The van der Waals surface area contributed by atoms with E-state index in [1.807, 2.05) is 0 Å². The van der Waals surface area contributed by atoms with E-state index < -0.39 is 179 Å². The van der Waals surface area contributed by atoms with Crippen molar-refractivity contribution in [3.05, 3.63) is 77.1 Å². The zero-order valence-corrected chi connectivity index (χ0v) is 40.8. The molecule has 0 aliphatic carbocycles. The highest BCUT2D eigenvalue weighted by Gasteiger charge is 2.53. The van der Waals surface area contributed by atoms with Crippen LogP contribution in [-0.2, 0) is 38.0 Å². The molecule has 0 bridgehead atoms. The number of methoxy groups -OCH3 is 1. The van der Waals surface area contributed by atoms with Crippen molar-refractivity contribution in [3.63, 3.8) is 0 Å². The van der Waals surface area contributed by atoms with Crippen LogP contribution in [0.5, 0.6) is 40.2 Å². The van der Waals surface area contributed by atoms with Crippen molar-refractivity contribution >= 4 is 18.1 Å². The fourth-order valence-electron chi connectivity index (χ4n) is 9.01. The number of aliphatic hydroxyl groups excluding tert-OH is 14. The summed E-state index contributed by atoms with van der Waals surface area (Å²) in [4.78, 5) is 13.2. The van der Waals surface area contributed by atoms with Crippen LogP contribution in [0, 0.1) is 0 Å². The van der Waals surface area contributed by atoms with E-state index in [2.05, 4.69) is 4.74 Å². The second-order valence-electron chi connectivity index (χ2n) is 18.6. The number of hydrogen-bond donors (Lipinski definition) is 17. The Morgan fingerprint density at radius 1 is 0.564 bits per heavy atom. The molecule has 29 heteroatoms. The van der Waals surface area contributed by atoms with Crippen LogP contribution in [0.1, 0.15) is 22.8 Å². The van der Waals surface area contributed by atoms with E-state index >= 15 is 0 Å². The van der Waals surface area contributed by atoms with Crippen molar-refractivity contribution in [3.8, 4) is 40.2 Å². The Morgan fingerprint density at radius 3 is 1.69 bits per heavy atom. The molecule has 4 fully saturated rings. The Balaban J connectivity index is 1.07. The molecule has 29 nitrogen and oxygen atoms in total. The van der Waals surface area contributed by atoms with Gasteiger partial charge in [0.2, 0.25) is 18.9 Å². The van der Waals surface area contributed by atoms with Gasteiger partial charge in [-0.1, -0.05) is 6.07 Å². The van der Waals surface area contributed by atoms with Crippen LogP contribution in [0.25, 0.3) is 12.2 Å². The molecule has 18 N–H and O–H groups in total. The lowest BCUT2D eigenvalue weighted by Gasteiger charge is -2.46. The van der Waals surface area contributed by atoms with Crippen molar-refractivity contribution in [2.24, 2.45) is 0 Å². The molecule has 3 aromatic rings. The molecule has 0 amide bonds. The highest BCUT2D eigenvalue weighted by molar-refractivity contribution is 5.87. The summed E-state index contributed by atoms with van der Waals surface area (Å²) in [5.41, 5.74) is 0.362. The summed E-state index contributed by atoms with van der Waals surface area (Å²) in [6.45, 7) is -3.23. The predicted octanol–water partition coefficient (Wildman–Crippen LogP) is -5.59. The van der Waals surface area contributed by atoms with Crippen molar-refractivity contribution in [1.82, 2.24) is 0 Å². The van der Waals surface area contributed by atoms with Gasteiger partial charge < -0.3 is 139 Å². The van der Waals surface area contributed by atoms with Gasteiger partial charge in [0, 0.05) is 18.2 Å². The lowest BCUT2D eigenvalue weighted by Crippen LogP contribution is -2.64. The minimum absolute atomic E-state index is 0.00953. The van der Waals surface area contributed by atoms with E-state index in [1.54, 1.807) is 0 Å². The van der Waals surface area contributed by atoms with E-state index in [1.165, 1.54) is 49.6 Å². The normalized spacial score (nSPS) is 36.9. The molecule has 5 aliphatic heterocycles. The molecule has 0 spiro atoms. The minimum Gasteiger partial charge on any atom is -0.571 e. The Kier molecular flexibility index (Phi) is 18.5. The summed E-state index contributed by atoms with van der Waals surface area (Å²) in [5.74, 6) is -3.30. The van der Waals surface area contributed by atoms with Crippen LogP contribution in [0.4, 0.5) is 0 Å². The summed E-state index contributed by atoms with van der Waals surface area (Å²) < 4.78 is 62.0. The SMILES string of the molecule is COc1cc(/C=C/C(=O)OC[C@@H]2O[C@@H](OC3=Cc4c(O[C@@H]5O[C@H](CO)[C@@H](O)[C@H](O)[C@@H]5O)cc(O)cc4[OH+]C3c3ccc(O)c(O)c3)[C@H](O[C@@H]3O[C@@H](CO)[C@@H](O)[C@H](O)[C@H]3O)[C@H](O)[C@@H]2O)ccc1O[C@@H]1O[C@H](CO)[C@@H](O)[C@H](O)[C@H]1O. The Morgan fingerprint density at radius 2 is 1.12 bits per heavy atom. The van der Waals surface area contributed by atoms with Crippen molar-refractivity contribution in [1.29, 1.82) is 0 Å². The summed E-state index contributed by atoms with van der Waals surface area (Å²) >= 11 is 0. The van der Waals surface area contributed by atoms with Gasteiger partial charge in [0.15, 0.2) is 41.2 Å². The van der Waals surface area contributed by atoms with Crippen LogP contribution in [-0.4, -0.2) is 254 Å². The number of aliphatic hydroxyl groups is 15. The maximum absolute atomic E-state index is 13.2. The van der Waals surface area contributed by atoms with Gasteiger partial charge in [-0.3, -0.25) is 0 Å². The van der Waals surface area contributed by atoms with E-state index in [0.717, 1.165) is 24.3 Å². The number of hydrogen-bond acceptors (Lipinski definition) is 28. The van der Waals surface area contributed by atoms with Crippen LogP contribution in [0.3, 0.4) is 0 Å². The van der Waals surface area contributed by atoms with Crippen molar-refractivity contribution < 1.29 is 144 Å². The monoisotopic (exact) mass is 1110 g/mol. The van der Waals surface area contributed by atoms with E-state index in [-0.39, 0.29) is 39.9 Å². The Hall–Kier alpha value is -5.75. The number of esters is 1. The average Bonchev–Trinajstić information content (AvgIpc) is 3.54. The van der Waals surface area contributed by atoms with Crippen LogP contribution >= 0.6 is 0 Å². The number of carbonyl (C=O) groups excluding carboxylic acids is 1. The molecular weight excluding hydrogens is 1050 g/mol. The first kappa shape index (κ1) is 58.4. The molecule has 0 aromatic heterocycles. The maximum atomic E-state index is 13.2. The summed E-state index contributed by atoms with van der Waals surface area (Å²) in [7, 11) is 1.28. The minimum atomic E-state index is -2.13. The molecule has 1 unspecified atom stereocenters. The zero-order valence-electron chi connectivity index (χ0n) is 40.8. The second-order valence-corrected chi connectivity index (χ2v) is 18.6. The Bertz CT molecular complexity index is 2590. The molecule has 5 aliphatic rings. The molecule has 4 saturated heterocycles. The van der Waals surface area contributed by atoms with Crippen molar-refractivity contribution in [2.45, 2.75) is 129 Å². The fraction of sp³-hybridized carbons (Fsp3) is 0.531. The largest absolute Gasteiger partial charge is 0.571 e. The molecule has 0 saturated carbocycles. The van der Waals surface area contributed by atoms with E-state index in [4.69, 9.17) is 47.4 Å². The number of benzene rings is 3. The first-order valence-corrected chi connectivity index (χ1v) is 24.1. The van der Waals surface area contributed by atoms with Gasteiger partial charge in [-0.25, -0.2) is 4.79 Å². The first-order valence-electron chi connectivity index (χ1n) is 24.1.